The minimum Gasteiger partial charge on any atom is -0.342 e. The summed E-state index contributed by atoms with van der Waals surface area (Å²) in [7, 11) is 0. The molecular formula is C27H34N2O2S. The van der Waals surface area contributed by atoms with Crippen LogP contribution in [0.5, 0.6) is 0 Å². The minimum absolute atomic E-state index is 0.110. The van der Waals surface area contributed by atoms with E-state index < -0.39 is 0 Å². The summed E-state index contributed by atoms with van der Waals surface area (Å²) in [4.78, 5) is 30.6. The maximum absolute atomic E-state index is 13.3. The van der Waals surface area contributed by atoms with Crippen LogP contribution in [0.2, 0.25) is 0 Å². The fourth-order valence-electron chi connectivity index (χ4n) is 4.69. The number of hydrogen-bond donors (Lipinski definition) is 0. The zero-order valence-electron chi connectivity index (χ0n) is 19.1. The Balaban J connectivity index is 1.28. The Morgan fingerprint density at radius 2 is 1.59 bits per heavy atom. The van der Waals surface area contributed by atoms with E-state index in [-0.39, 0.29) is 11.8 Å². The number of carbonyl (C=O) groups is 2. The van der Waals surface area contributed by atoms with Gasteiger partial charge in [0.2, 0.25) is 5.91 Å². The zero-order valence-corrected chi connectivity index (χ0v) is 19.9. The van der Waals surface area contributed by atoms with E-state index in [2.05, 4.69) is 31.2 Å². The number of thioether (sulfide) groups is 1. The number of amides is 2. The van der Waals surface area contributed by atoms with Crippen LogP contribution in [0.25, 0.3) is 0 Å². The van der Waals surface area contributed by atoms with Crippen LogP contribution >= 0.6 is 11.8 Å². The fourth-order valence-corrected chi connectivity index (χ4v) is 5.63. The van der Waals surface area contributed by atoms with Gasteiger partial charge in [0.25, 0.3) is 5.91 Å². The molecule has 4 rings (SSSR count). The third-order valence-corrected chi connectivity index (χ3v) is 7.85. The molecule has 0 unspecified atom stereocenters. The molecule has 2 saturated heterocycles. The van der Waals surface area contributed by atoms with Crippen LogP contribution < -0.4 is 0 Å². The maximum Gasteiger partial charge on any atom is 0.254 e. The highest BCUT2D eigenvalue weighted by molar-refractivity contribution is 8.00. The van der Waals surface area contributed by atoms with Crippen LogP contribution in [0.15, 0.2) is 53.4 Å². The van der Waals surface area contributed by atoms with Crippen molar-refractivity contribution in [1.82, 2.24) is 9.80 Å². The number of aryl methyl sites for hydroxylation is 2. The van der Waals surface area contributed by atoms with Crippen LogP contribution in [0.3, 0.4) is 0 Å². The predicted molar refractivity (Wildman–Crippen MR) is 131 cm³/mol. The number of likely N-dealkylation sites (tertiary alicyclic amines) is 2. The first-order chi connectivity index (χ1) is 15.6. The van der Waals surface area contributed by atoms with E-state index in [0.29, 0.717) is 11.7 Å². The first-order valence-corrected chi connectivity index (χ1v) is 12.9. The van der Waals surface area contributed by atoms with Gasteiger partial charge in [-0.2, -0.15) is 0 Å². The van der Waals surface area contributed by atoms with Crippen molar-refractivity contribution in [2.24, 2.45) is 5.92 Å². The molecule has 0 bridgehead atoms. The predicted octanol–water partition coefficient (Wildman–Crippen LogP) is 5.19. The molecule has 0 N–H and O–H groups in total. The molecule has 2 aliphatic rings. The van der Waals surface area contributed by atoms with Crippen molar-refractivity contribution in [1.29, 1.82) is 0 Å². The molecule has 2 aliphatic heterocycles. The highest BCUT2D eigenvalue weighted by Gasteiger charge is 2.25. The van der Waals surface area contributed by atoms with Crippen molar-refractivity contribution >= 4 is 23.6 Å². The van der Waals surface area contributed by atoms with Gasteiger partial charge in [-0.1, -0.05) is 42.0 Å². The summed E-state index contributed by atoms with van der Waals surface area (Å²) in [5, 5.41) is 0. The molecule has 2 amide bonds. The summed E-state index contributed by atoms with van der Waals surface area (Å²) in [5.41, 5.74) is 3.45. The second kappa shape index (κ2) is 11.0. The molecule has 0 aliphatic carbocycles. The van der Waals surface area contributed by atoms with E-state index in [1.807, 2.05) is 34.1 Å². The van der Waals surface area contributed by atoms with Gasteiger partial charge in [0.15, 0.2) is 0 Å². The first-order valence-electron chi connectivity index (χ1n) is 11.9. The molecule has 2 aromatic rings. The van der Waals surface area contributed by atoms with Crippen molar-refractivity contribution < 1.29 is 9.59 Å². The number of benzene rings is 2. The van der Waals surface area contributed by atoms with Gasteiger partial charge in [-0.25, -0.2) is 0 Å². The highest BCUT2D eigenvalue weighted by Crippen LogP contribution is 2.28. The van der Waals surface area contributed by atoms with Crippen LogP contribution in [-0.4, -0.2) is 53.5 Å². The van der Waals surface area contributed by atoms with Crippen molar-refractivity contribution in [3.8, 4) is 0 Å². The molecular weight excluding hydrogens is 416 g/mol. The van der Waals surface area contributed by atoms with Crippen LogP contribution in [-0.2, 0) is 11.2 Å². The SMILES string of the molecule is Cc1ccc(CCC2CCN(C(=O)c3ccccc3SCC(=O)N3CCCC3)CC2)cc1. The van der Waals surface area contributed by atoms with E-state index in [1.54, 1.807) is 0 Å². The van der Waals surface area contributed by atoms with Gasteiger partial charge < -0.3 is 9.80 Å². The third-order valence-electron chi connectivity index (χ3n) is 6.79. The van der Waals surface area contributed by atoms with Crippen molar-refractivity contribution in [3.63, 3.8) is 0 Å². The van der Waals surface area contributed by atoms with Gasteiger partial charge in [-0.05, 0) is 69.1 Å². The third kappa shape index (κ3) is 5.94. The number of carbonyl (C=O) groups excluding carboxylic acids is 2. The summed E-state index contributed by atoms with van der Waals surface area (Å²) in [6.45, 7) is 5.52. The highest BCUT2D eigenvalue weighted by atomic mass is 32.2. The molecule has 2 fully saturated rings. The van der Waals surface area contributed by atoms with Gasteiger partial charge in [-0.3, -0.25) is 9.59 Å². The van der Waals surface area contributed by atoms with Crippen molar-refractivity contribution in [2.45, 2.75) is 50.3 Å². The van der Waals surface area contributed by atoms with E-state index in [0.717, 1.165) is 68.7 Å². The molecule has 170 valence electrons. The lowest BCUT2D eigenvalue weighted by molar-refractivity contribution is -0.127. The standard InChI is InChI=1S/C27H34N2O2S/c1-21-8-10-22(11-9-21)12-13-23-14-18-29(19-15-23)27(31)24-6-2-3-7-25(24)32-20-26(30)28-16-4-5-17-28/h2-3,6-11,23H,4-5,12-20H2,1H3. The van der Waals surface area contributed by atoms with Crippen molar-refractivity contribution in [2.75, 3.05) is 31.9 Å². The number of rotatable bonds is 7. The van der Waals surface area contributed by atoms with E-state index in [9.17, 15) is 9.59 Å². The Bertz CT molecular complexity index is 914. The van der Waals surface area contributed by atoms with Crippen LogP contribution in [0.1, 0.15) is 53.6 Å². The normalized spacial score (nSPS) is 17.0. The van der Waals surface area contributed by atoms with Gasteiger partial charge in [0, 0.05) is 31.1 Å². The number of nitrogens with zero attached hydrogens (tertiary/aromatic N) is 2. The van der Waals surface area contributed by atoms with Crippen molar-refractivity contribution in [3.05, 3.63) is 65.2 Å². The van der Waals surface area contributed by atoms with Gasteiger partial charge in [-0.15, -0.1) is 11.8 Å². The average molecular weight is 451 g/mol. The van der Waals surface area contributed by atoms with E-state index >= 15 is 0 Å². The Morgan fingerprint density at radius 1 is 0.906 bits per heavy atom. The van der Waals surface area contributed by atoms with E-state index in [1.165, 1.54) is 29.3 Å². The molecule has 0 atom stereocenters. The molecule has 0 saturated carbocycles. The summed E-state index contributed by atoms with van der Waals surface area (Å²) in [5.74, 6) is 1.39. The molecule has 2 heterocycles. The number of hydrogen-bond acceptors (Lipinski definition) is 3. The second-order valence-electron chi connectivity index (χ2n) is 9.13. The minimum atomic E-state index is 0.110. The summed E-state index contributed by atoms with van der Waals surface area (Å²) < 4.78 is 0. The molecule has 0 aromatic heterocycles. The zero-order chi connectivity index (χ0) is 22.3. The average Bonchev–Trinajstić information content (AvgIpc) is 3.37. The molecule has 32 heavy (non-hydrogen) atoms. The Labute approximate surface area is 196 Å². The molecule has 0 radical (unpaired) electrons. The van der Waals surface area contributed by atoms with E-state index in [4.69, 9.17) is 0 Å². The Kier molecular flexibility index (Phi) is 7.90. The van der Waals surface area contributed by atoms with Gasteiger partial charge in [0.1, 0.15) is 0 Å². The van der Waals surface area contributed by atoms with Gasteiger partial charge in [0.05, 0.1) is 11.3 Å². The molecule has 0 spiro atoms. The summed E-state index contributed by atoms with van der Waals surface area (Å²) >= 11 is 1.50. The summed E-state index contributed by atoms with van der Waals surface area (Å²) in [6.07, 6.45) is 6.65. The Morgan fingerprint density at radius 3 is 2.31 bits per heavy atom. The van der Waals surface area contributed by atoms with Crippen LogP contribution in [0.4, 0.5) is 0 Å². The quantitative estimate of drug-likeness (QED) is 0.545. The van der Waals surface area contributed by atoms with Crippen LogP contribution in [0, 0.1) is 12.8 Å². The monoisotopic (exact) mass is 450 g/mol. The fraction of sp³-hybridized carbons (Fsp3) is 0.481. The first kappa shape index (κ1) is 22.9. The maximum atomic E-state index is 13.3. The number of piperidine rings is 1. The topological polar surface area (TPSA) is 40.6 Å². The Hall–Kier alpha value is -2.27. The molecule has 5 heteroatoms. The largest absolute Gasteiger partial charge is 0.342 e. The van der Waals surface area contributed by atoms with Gasteiger partial charge >= 0.3 is 0 Å². The second-order valence-corrected chi connectivity index (χ2v) is 10.1. The lowest BCUT2D eigenvalue weighted by Crippen LogP contribution is -2.38. The molecule has 4 nitrogen and oxygen atoms in total. The smallest absolute Gasteiger partial charge is 0.254 e. The summed E-state index contributed by atoms with van der Waals surface area (Å²) in [6, 6.07) is 16.6. The lowest BCUT2D eigenvalue weighted by Gasteiger charge is -2.32. The molecule has 2 aromatic carbocycles. The lowest BCUT2D eigenvalue weighted by atomic mass is 9.90.